The van der Waals surface area contributed by atoms with Crippen LogP contribution in [0.25, 0.3) is 0 Å². The monoisotopic (exact) mass is 323 g/mol. The van der Waals surface area contributed by atoms with E-state index in [9.17, 15) is 8.42 Å². The van der Waals surface area contributed by atoms with E-state index in [0.29, 0.717) is 39.0 Å². The van der Waals surface area contributed by atoms with E-state index in [4.69, 9.17) is 0 Å². The molecule has 8 heteroatoms. The first-order valence-corrected chi connectivity index (χ1v) is 9.19. The van der Waals surface area contributed by atoms with E-state index in [0.717, 1.165) is 11.5 Å². The maximum atomic E-state index is 12.2. The normalized spacial score (nSPS) is 16.4. The van der Waals surface area contributed by atoms with Gasteiger partial charge in [-0.2, -0.15) is 9.40 Å². The predicted molar refractivity (Wildman–Crippen MR) is 82.9 cm³/mol. The molecule has 3 heterocycles. The second-order valence-electron chi connectivity index (χ2n) is 5.49. The highest BCUT2D eigenvalue weighted by Gasteiger charge is 2.25. The van der Waals surface area contributed by atoms with Crippen LogP contribution in [0, 0.1) is 0 Å². The van der Waals surface area contributed by atoms with Gasteiger partial charge in [-0.25, -0.2) is 13.4 Å². The van der Waals surface area contributed by atoms with Crippen molar-refractivity contribution in [3.05, 3.63) is 36.2 Å². The number of fused-ring (bicyclic) bond motifs is 1. The van der Waals surface area contributed by atoms with Gasteiger partial charge < -0.3 is 4.57 Å². The molecule has 7 nitrogen and oxygen atoms in total. The topological polar surface area (TPSA) is 73.0 Å². The summed E-state index contributed by atoms with van der Waals surface area (Å²) in [6.07, 6.45) is 6.83. The summed E-state index contributed by atoms with van der Waals surface area (Å²) in [5.41, 5.74) is 1.06. The zero-order chi connectivity index (χ0) is 15.6. The molecule has 1 aliphatic rings. The Morgan fingerprint density at radius 1 is 1.27 bits per heavy atom. The van der Waals surface area contributed by atoms with Gasteiger partial charge in [0.25, 0.3) is 0 Å². The molecule has 0 saturated carbocycles. The smallest absolute Gasteiger partial charge is 0.214 e. The van der Waals surface area contributed by atoms with Crippen molar-refractivity contribution in [3.8, 4) is 0 Å². The Morgan fingerprint density at radius 2 is 2.14 bits per heavy atom. The number of hydrogen-bond acceptors (Lipinski definition) is 4. The lowest BCUT2D eigenvalue weighted by atomic mass is 10.4. The Kier molecular flexibility index (Phi) is 4.30. The second kappa shape index (κ2) is 6.21. The maximum Gasteiger partial charge on any atom is 0.214 e. The molecule has 0 unspecified atom stereocenters. The van der Waals surface area contributed by atoms with E-state index in [1.165, 1.54) is 0 Å². The van der Waals surface area contributed by atoms with Crippen molar-refractivity contribution in [1.29, 1.82) is 0 Å². The van der Waals surface area contributed by atoms with Crippen molar-refractivity contribution in [1.82, 2.24) is 23.6 Å². The van der Waals surface area contributed by atoms with Gasteiger partial charge in [0.15, 0.2) is 0 Å². The van der Waals surface area contributed by atoms with E-state index in [1.807, 2.05) is 30.1 Å². The van der Waals surface area contributed by atoms with E-state index in [1.54, 1.807) is 10.5 Å². The van der Waals surface area contributed by atoms with Crippen LogP contribution in [0.2, 0.25) is 0 Å². The molecule has 120 valence electrons. The summed E-state index contributed by atoms with van der Waals surface area (Å²) >= 11 is 0. The highest BCUT2D eigenvalue weighted by molar-refractivity contribution is 7.89. The first-order valence-electron chi connectivity index (χ1n) is 7.58. The minimum atomic E-state index is -3.14. The lowest BCUT2D eigenvalue weighted by molar-refractivity contribution is 0.412. The first-order chi connectivity index (χ1) is 10.6. The number of nitrogens with zero attached hydrogens (tertiary/aromatic N) is 5. The van der Waals surface area contributed by atoms with Gasteiger partial charge in [-0.1, -0.05) is 6.92 Å². The minimum absolute atomic E-state index is 0.218. The fraction of sp³-hybridized carbons (Fsp3) is 0.571. The molecule has 0 spiro atoms. The van der Waals surface area contributed by atoms with Crippen LogP contribution >= 0.6 is 0 Å². The van der Waals surface area contributed by atoms with Crippen LogP contribution < -0.4 is 0 Å². The molecular formula is C14H21N5O2S. The minimum Gasteiger partial charge on any atom is -0.329 e. The third-order valence-electron chi connectivity index (χ3n) is 3.92. The van der Waals surface area contributed by atoms with Crippen LogP contribution in [0.1, 0.15) is 24.9 Å². The summed E-state index contributed by atoms with van der Waals surface area (Å²) in [4.78, 5) is 4.46. The molecule has 0 amide bonds. The summed E-state index contributed by atoms with van der Waals surface area (Å²) in [5.74, 6) is 1.17. The Labute approximate surface area is 130 Å². The lowest BCUT2D eigenvalue weighted by Gasteiger charge is -2.19. The lowest BCUT2D eigenvalue weighted by Crippen LogP contribution is -2.35. The van der Waals surface area contributed by atoms with Gasteiger partial charge in [0.1, 0.15) is 5.82 Å². The standard InChI is InChI=1S/C14H21N5O2S/c1-2-10-22(20,21)18-7-4-14-15-11-13(19(14)9-8-18)12-17-6-3-5-16-17/h3,5-6,11H,2,4,7-10,12H2,1H3. The molecule has 2 aromatic heterocycles. The van der Waals surface area contributed by atoms with Crippen LogP contribution in [-0.2, 0) is 29.5 Å². The molecule has 1 aliphatic heterocycles. The number of rotatable bonds is 5. The van der Waals surface area contributed by atoms with Gasteiger partial charge in [0.05, 0.1) is 24.2 Å². The Balaban J connectivity index is 1.76. The molecule has 0 N–H and O–H groups in total. The summed E-state index contributed by atoms with van der Waals surface area (Å²) in [6.45, 7) is 4.22. The summed E-state index contributed by atoms with van der Waals surface area (Å²) < 4.78 is 30.0. The van der Waals surface area contributed by atoms with Crippen molar-refractivity contribution in [3.63, 3.8) is 0 Å². The summed E-state index contributed by atoms with van der Waals surface area (Å²) in [7, 11) is -3.14. The molecule has 0 saturated heterocycles. The van der Waals surface area contributed by atoms with Crippen molar-refractivity contribution in [2.45, 2.75) is 32.9 Å². The van der Waals surface area contributed by atoms with Crippen molar-refractivity contribution >= 4 is 10.0 Å². The molecule has 0 bridgehead atoms. The second-order valence-corrected chi connectivity index (χ2v) is 7.57. The van der Waals surface area contributed by atoms with Gasteiger partial charge in [-0.05, 0) is 12.5 Å². The summed E-state index contributed by atoms with van der Waals surface area (Å²) in [6, 6.07) is 1.89. The number of imidazole rings is 1. The van der Waals surface area contributed by atoms with Crippen molar-refractivity contribution in [2.24, 2.45) is 0 Å². The van der Waals surface area contributed by atoms with Crippen LogP contribution in [0.4, 0.5) is 0 Å². The van der Waals surface area contributed by atoms with E-state index in [-0.39, 0.29) is 5.75 Å². The van der Waals surface area contributed by atoms with Crippen LogP contribution in [-0.4, -0.2) is 50.9 Å². The van der Waals surface area contributed by atoms with Crippen molar-refractivity contribution in [2.75, 3.05) is 18.8 Å². The van der Waals surface area contributed by atoms with Gasteiger partial charge in [0, 0.05) is 38.4 Å². The quantitative estimate of drug-likeness (QED) is 0.813. The predicted octanol–water partition coefficient (Wildman–Crippen LogP) is 0.726. The van der Waals surface area contributed by atoms with Gasteiger partial charge in [-0.15, -0.1) is 0 Å². The first kappa shape index (κ1) is 15.2. The third-order valence-corrected chi connectivity index (χ3v) is 5.99. The zero-order valence-electron chi connectivity index (χ0n) is 12.7. The molecule has 3 rings (SSSR count). The van der Waals surface area contributed by atoms with Crippen LogP contribution in [0.15, 0.2) is 24.7 Å². The molecule has 0 aliphatic carbocycles. The fourth-order valence-electron chi connectivity index (χ4n) is 2.83. The van der Waals surface area contributed by atoms with E-state index >= 15 is 0 Å². The average molecular weight is 323 g/mol. The molecule has 0 radical (unpaired) electrons. The zero-order valence-corrected chi connectivity index (χ0v) is 13.5. The average Bonchev–Trinajstić information content (AvgIpc) is 3.05. The number of aromatic nitrogens is 4. The molecule has 2 aromatic rings. The third kappa shape index (κ3) is 3.07. The van der Waals surface area contributed by atoms with E-state index < -0.39 is 10.0 Å². The van der Waals surface area contributed by atoms with Crippen LogP contribution in [0.5, 0.6) is 0 Å². The number of sulfonamides is 1. The highest BCUT2D eigenvalue weighted by Crippen LogP contribution is 2.15. The summed E-state index contributed by atoms with van der Waals surface area (Å²) in [5, 5.41) is 4.21. The van der Waals surface area contributed by atoms with E-state index in [2.05, 4.69) is 14.6 Å². The van der Waals surface area contributed by atoms with Crippen molar-refractivity contribution < 1.29 is 8.42 Å². The Morgan fingerprint density at radius 3 is 2.86 bits per heavy atom. The largest absolute Gasteiger partial charge is 0.329 e. The van der Waals surface area contributed by atoms with Gasteiger partial charge in [-0.3, -0.25) is 4.68 Å². The SMILES string of the molecule is CCCS(=O)(=O)N1CCc2ncc(Cn3cccn3)n2CC1. The number of hydrogen-bond donors (Lipinski definition) is 0. The maximum absolute atomic E-state index is 12.2. The molecule has 0 aromatic carbocycles. The Hall–Kier alpha value is -1.67. The van der Waals surface area contributed by atoms with Gasteiger partial charge in [0.2, 0.25) is 10.0 Å². The van der Waals surface area contributed by atoms with Crippen LogP contribution in [0.3, 0.4) is 0 Å². The molecule has 0 atom stereocenters. The Bertz CT molecular complexity index is 721. The van der Waals surface area contributed by atoms with Gasteiger partial charge >= 0.3 is 0 Å². The molecule has 22 heavy (non-hydrogen) atoms. The molecular weight excluding hydrogens is 302 g/mol. The highest BCUT2D eigenvalue weighted by atomic mass is 32.2. The fourth-order valence-corrected chi connectivity index (χ4v) is 4.33. The molecule has 0 fully saturated rings.